The largest absolute Gasteiger partial charge is 0.497 e. The Kier molecular flexibility index (Phi) is 8.52. The third-order valence-corrected chi connectivity index (χ3v) is 10.6. The van der Waals surface area contributed by atoms with Gasteiger partial charge in [-0.15, -0.1) is 0 Å². The second-order valence-corrected chi connectivity index (χ2v) is 13.0. The molecule has 10 nitrogen and oxygen atoms in total. The molecule has 228 valence electrons. The van der Waals surface area contributed by atoms with Crippen LogP contribution >= 0.6 is 11.8 Å². The molecule has 4 amide bonds. The van der Waals surface area contributed by atoms with Crippen molar-refractivity contribution in [3.05, 3.63) is 59.2 Å². The molecule has 2 N–H and O–H groups in total. The Morgan fingerprint density at radius 3 is 2.60 bits per heavy atom. The SMILES string of the molecule is COc1ccc([C@@H]2[C@@H]3CCc4ccc(OC)cc4C3=NN2C(=O)CN(C)C(=O)CCCC[C@@H]2SC[C@@H]3NC(=O)N[C@@H]32)cc1. The molecule has 0 unspecified atom stereocenters. The maximum absolute atomic E-state index is 13.8. The van der Waals surface area contributed by atoms with Crippen molar-refractivity contribution in [2.75, 3.05) is 33.6 Å². The van der Waals surface area contributed by atoms with E-state index >= 15 is 0 Å². The van der Waals surface area contributed by atoms with Crippen molar-refractivity contribution in [3.8, 4) is 11.5 Å². The number of methoxy groups -OCH3 is 2. The fourth-order valence-corrected chi connectivity index (χ4v) is 8.32. The van der Waals surface area contributed by atoms with Gasteiger partial charge in [-0.25, -0.2) is 9.80 Å². The van der Waals surface area contributed by atoms with Crippen LogP contribution in [0.1, 0.15) is 54.8 Å². The number of nitrogens with zero attached hydrogens (tertiary/aromatic N) is 3. The number of ether oxygens (including phenoxy) is 2. The summed E-state index contributed by atoms with van der Waals surface area (Å²) in [6.45, 7) is -0.0418. The topological polar surface area (TPSA) is 113 Å². The van der Waals surface area contributed by atoms with Crippen molar-refractivity contribution >= 4 is 35.3 Å². The summed E-state index contributed by atoms with van der Waals surface area (Å²) in [4.78, 5) is 40.0. The van der Waals surface area contributed by atoms with Gasteiger partial charge >= 0.3 is 6.03 Å². The minimum Gasteiger partial charge on any atom is -0.497 e. The predicted molar refractivity (Wildman–Crippen MR) is 166 cm³/mol. The Morgan fingerprint density at radius 1 is 1.07 bits per heavy atom. The zero-order valence-corrected chi connectivity index (χ0v) is 25.7. The summed E-state index contributed by atoms with van der Waals surface area (Å²) in [5.74, 6) is 2.21. The first-order chi connectivity index (χ1) is 20.9. The minimum absolute atomic E-state index is 0.0332. The number of thioether (sulfide) groups is 1. The van der Waals surface area contributed by atoms with E-state index in [1.165, 1.54) is 10.5 Å². The monoisotopic (exact) mass is 605 g/mol. The van der Waals surface area contributed by atoms with E-state index in [1.807, 2.05) is 48.2 Å². The summed E-state index contributed by atoms with van der Waals surface area (Å²) < 4.78 is 10.9. The molecule has 3 heterocycles. The van der Waals surface area contributed by atoms with Crippen molar-refractivity contribution in [2.45, 2.75) is 61.9 Å². The lowest BCUT2D eigenvalue weighted by Gasteiger charge is -2.30. The number of fused-ring (bicyclic) bond motifs is 4. The molecular formula is C32H39N5O5S. The molecule has 2 fully saturated rings. The molecule has 11 heteroatoms. The molecule has 0 spiro atoms. The van der Waals surface area contributed by atoms with Crippen molar-refractivity contribution in [2.24, 2.45) is 11.0 Å². The normalized spacial score (nSPS) is 25.2. The molecule has 0 saturated carbocycles. The first-order valence-corrected chi connectivity index (χ1v) is 16.1. The number of amides is 4. The Bertz CT molecular complexity index is 1420. The number of carbonyl (C=O) groups excluding carboxylic acids is 3. The van der Waals surface area contributed by atoms with Crippen LogP contribution in [0.15, 0.2) is 47.6 Å². The number of hydrogen-bond acceptors (Lipinski definition) is 7. The van der Waals surface area contributed by atoms with E-state index in [9.17, 15) is 14.4 Å². The van der Waals surface area contributed by atoms with E-state index < -0.39 is 0 Å². The van der Waals surface area contributed by atoms with E-state index in [0.717, 1.165) is 66.2 Å². The van der Waals surface area contributed by atoms with Gasteiger partial charge in [0.25, 0.3) is 5.91 Å². The van der Waals surface area contributed by atoms with E-state index in [1.54, 1.807) is 26.3 Å². The minimum atomic E-state index is -0.269. The van der Waals surface area contributed by atoms with Gasteiger partial charge in [-0.1, -0.05) is 24.6 Å². The summed E-state index contributed by atoms with van der Waals surface area (Å²) in [5, 5.41) is 12.9. The number of hydrazone groups is 1. The van der Waals surface area contributed by atoms with Crippen LogP contribution in [-0.4, -0.2) is 84.4 Å². The van der Waals surface area contributed by atoms with Gasteiger partial charge in [-0.3, -0.25) is 9.59 Å². The first-order valence-electron chi connectivity index (χ1n) is 15.0. The lowest BCUT2D eigenvalue weighted by Crippen LogP contribution is -2.40. The van der Waals surface area contributed by atoms with Gasteiger partial charge < -0.3 is 25.0 Å². The van der Waals surface area contributed by atoms with Crippen LogP contribution in [0, 0.1) is 5.92 Å². The third kappa shape index (κ3) is 5.91. The third-order valence-electron chi connectivity index (χ3n) is 9.11. The van der Waals surface area contributed by atoms with Crippen molar-refractivity contribution < 1.29 is 23.9 Å². The average molecular weight is 606 g/mol. The van der Waals surface area contributed by atoms with Crippen LogP contribution in [0.5, 0.6) is 11.5 Å². The fraction of sp³-hybridized carbons (Fsp3) is 0.500. The van der Waals surface area contributed by atoms with Crippen molar-refractivity contribution in [1.82, 2.24) is 20.5 Å². The van der Waals surface area contributed by atoms with E-state index in [2.05, 4.69) is 16.7 Å². The molecule has 4 aliphatic rings. The maximum atomic E-state index is 13.8. The Labute approximate surface area is 256 Å². The smallest absolute Gasteiger partial charge is 0.315 e. The number of hydrogen-bond donors (Lipinski definition) is 2. The molecule has 43 heavy (non-hydrogen) atoms. The molecule has 2 saturated heterocycles. The number of carbonyl (C=O) groups is 3. The number of likely N-dealkylation sites (N-methyl/N-ethyl adjacent to an activating group) is 1. The molecule has 0 radical (unpaired) electrons. The summed E-state index contributed by atoms with van der Waals surface area (Å²) in [6.07, 6.45) is 4.73. The van der Waals surface area contributed by atoms with Crippen LogP contribution in [0.3, 0.4) is 0 Å². The van der Waals surface area contributed by atoms with Crippen molar-refractivity contribution in [3.63, 3.8) is 0 Å². The molecule has 5 atom stereocenters. The molecule has 6 rings (SSSR count). The highest BCUT2D eigenvalue weighted by Gasteiger charge is 2.45. The summed E-state index contributed by atoms with van der Waals surface area (Å²) in [5.41, 5.74) is 4.10. The second-order valence-electron chi connectivity index (χ2n) is 11.7. The van der Waals surface area contributed by atoms with Crippen molar-refractivity contribution in [1.29, 1.82) is 0 Å². The second kappa shape index (κ2) is 12.5. The molecule has 3 aliphatic heterocycles. The number of nitrogens with one attached hydrogen (secondary N) is 2. The predicted octanol–water partition coefficient (Wildman–Crippen LogP) is 3.74. The molecule has 0 bridgehead atoms. The van der Waals surface area contributed by atoms with Gasteiger partial charge in [0.1, 0.15) is 18.0 Å². The lowest BCUT2D eigenvalue weighted by molar-refractivity contribution is -0.141. The Morgan fingerprint density at radius 2 is 1.84 bits per heavy atom. The number of benzene rings is 2. The van der Waals surface area contributed by atoms with Crippen LogP contribution in [-0.2, 0) is 16.0 Å². The van der Waals surface area contributed by atoms with Gasteiger partial charge in [-0.2, -0.15) is 16.9 Å². The number of rotatable bonds is 10. The zero-order valence-electron chi connectivity index (χ0n) is 24.9. The Balaban J connectivity index is 1.11. The molecule has 1 aliphatic carbocycles. The summed E-state index contributed by atoms with van der Waals surface area (Å²) in [6, 6.07) is 13.9. The summed E-state index contributed by atoms with van der Waals surface area (Å²) >= 11 is 1.88. The van der Waals surface area contributed by atoms with E-state index in [0.29, 0.717) is 11.7 Å². The molecular weight excluding hydrogens is 566 g/mol. The quantitative estimate of drug-likeness (QED) is 0.315. The highest BCUT2D eigenvalue weighted by atomic mass is 32.2. The number of urea groups is 1. The molecule has 0 aromatic heterocycles. The fourth-order valence-electron chi connectivity index (χ4n) is 6.78. The van der Waals surface area contributed by atoms with Gasteiger partial charge in [0.15, 0.2) is 0 Å². The van der Waals surface area contributed by atoms with Crippen LogP contribution in [0.25, 0.3) is 0 Å². The maximum Gasteiger partial charge on any atom is 0.315 e. The Hall–Kier alpha value is -3.73. The first kappa shape index (κ1) is 29.3. The van der Waals surface area contributed by atoms with Crippen LogP contribution in [0.4, 0.5) is 4.79 Å². The van der Waals surface area contributed by atoms with Gasteiger partial charge in [0, 0.05) is 36.0 Å². The standard InChI is InChI=1S/C32H39N5O5S/c1-36(27(38)7-5-4-6-26-30-25(18-43-26)33-32(40)34-30)17-28(39)37-31(20-9-12-21(41-2)13-10-20)23-15-11-19-8-14-22(42-3)16-24(19)29(23)35-37/h8-10,12-14,16,23,25-26,30-31H,4-7,11,15,17-18H2,1-3H3,(H2,33,34,40)/t23-,25+,26+,30+,31-/m1/s1. The summed E-state index contributed by atoms with van der Waals surface area (Å²) in [7, 11) is 4.97. The zero-order chi connectivity index (χ0) is 30.1. The average Bonchev–Trinajstić information content (AvgIpc) is 3.71. The van der Waals surface area contributed by atoms with Gasteiger partial charge in [0.05, 0.1) is 38.1 Å². The van der Waals surface area contributed by atoms with E-state index in [-0.39, 0.29) is 48.4 Å². The molecule has 2 aromatic carbocycles. The van der Waals surface area contributed by atoms with Crippen LogP contribution in [0.2, 0.25) is 0 Å². The number of aryl methyl sites for hydroxylation is 1. The van der Waals surface area contributed by atoms with Gasteiger partial charge in [-0.05, 0) is 61.1 Å². The van der Waals surface area contributed by atoms with E-state index in [4.69, 9.17) is 14.6 Å². The lowest BCUT2D eigenvalue weighted by atomic mass is 9.77. The molecule has 2 aromatic rings. The van der Waals surface area contributed by atoms with Gasteiger partial charge in [0.2, 0.25) is 5.91 Å². The highest BCUT2D eigenvalue weighted by Crippen LogP contribution is 2.44. The van der Waals surface area contributed by atoms with Crippen LogP contribution < -0.4 is 20.1 Å². The highest BCUT2D eigenvalue weighted by molar-refractivity contribution is 8.00. The number of unbranched alkanes of at least 4 members (excludes halogenated alkanes) is 1.